The summed E-state index contributed by atoms with van der Waals surface area (Å²) in [4.78, 5) is 1.28. The predicted octanol–water partition coefficient (Wildman–Crippen LogP) is 4.69. The quantitative estimate of drug-likeness (QED) is 0.877. The van der Waals surface area contributed by atoms with E-state index in [2.05, 4.69) is 57.8 Å². The van der Waals surface area contributed by atoms with E-state index in [1.807, 2.05) is 6.07 Å². The lowest BCUT2D eigenvalue weighted by Crippen LogP contribution is -2.28. The molecule has 2 atom stereocenters. The van der Waals surface area contributed by atoms with E-state index in [9.17, 15) is 0 Å². The zero-order valence-electron chi connectivity index (χ0n) is 10.7. The van der Waals surface area contributed by atoms with E-state index < -0.39 is 0 Å². The van der Waals surface area contributed by atoms with Crippen LogP contribution in [0.2, 0.25) is 0 Å². The Hall–Kier alpha value is -0.840. The maximum Gasteiger partial charge on any atom is 0.136 e. The molecule has 1 aromatic heterocycles. The van der Waals surface area contributed by atoms with Crippen molar-refractivity contribution in [2.45, 2.75) is 25.5 Å². The van der Waals surface area contributed by atoms with Crippen molar-refractivity contribution >= 4 is 27.3 Å². The molecular weight excluding hydrogens is 322 g/mol. The number of hydrogen-bond acceptors (Lipinski definition) is 3. The second-order valence-electron chi connectivity index (χ2n) is 4.62. The molecule has 2 unspecified atom stereocenters. The zero-order chi connectivity index (χ0) is 13.2. The second kappa shape index (κ2) is 5.65. The highest BCUT2D eigenvalue weighted by Gasteiger charge is 2.30. The van der Waals surface area contributed by atoms with Crippen LogP contribution in [-0.2, 0) is 0 Å². The molecule has 1 aliphatic rings. The van der Waals surface area contributed by atoms with Crippen LogP contribution in [-0.4, -0.2) is 6.54 Å². The SMILES string of the molecule is CCNC1CC(c2sccc2Br)Oc2ccccc21. The third-order valence-electron chi connectivity index (χ3n) is 3.40. The van der Waals surface area contributed by atoms with Gasteiger partial charge in [0.05, 0.1) is 4.88 Å². The van der Waals surface area contributed by atoms with Gasteiger partial charge in [0.1, 0.15) is 11.9 Å². The van der Waals surface area contributed by atoms with Crippen LogP contribution in [0.25, 0.3) is 0 Å². The van der Waals surface area contributed by atoms with Crippen molar-refractivity contribution in [2.75, 3.05) is 6.54 Å². The lowest BCUT2D eigenvalue weighted by Gasteiger charge is -2.32. The van der Waals surface area contributed by atoms with Crippen LogP contribution in [0.1, 0.15) is 35.9 Å². The highest BCUT2D eigenvalue weighted by molar-refractivity contribution is 9.10. The number of benzene rings is 1. The van der Waals surface area contributed by atoms with Crippen molar-refractivity contribution in [3.05, 3.63) is 50.6 Å². The molecule has 1 aromatic carbocycles. The van der Waals surface area contributed by atoms with Gasteiger partial charge in [0.25, 0.3) is 0 Å². The first-order valence-electron chi connectivity index (χ1n) is 6.51. The predicted molar refractivity (Wildman–Crippen MR) is 82.9 cm³/mol. The highest BCUT2D eigenvalue weighted by atomic mass is 79.9. The number of nitrogens with one attached hydrogen (secondary N) is 1. The monoisotopic (exact) mass is 337 g/mol. The number of halogens is 1. The summed E-state index contributed by atoms with van der Waals surface area (Å²) in [6.45, 7) is 3.12. The van der Waals surface area contributed by atoms with Crippen LogP contribution < -0.4 is 10.1 Å². The normalized spacial score (nSPS) is 21.8. The molecule has 0 fully saturated rings. The van der Waals surface area contributed by atoms with Crippen molar-refractivity contribution in [2.24, 2.45) is 0 Å². The van der Waals surface area contributed by atoms with Gasteiger partial charge in [0, 0.05) is 22.5 Å². The lowest BCUT2D eigenvalue weighted by atomic mass is 9.96. The molecule has 100 valence electrons. The van der Waals surface area contributed by atoms with E-state index in [1.54, 1.807) is 11.3 Å². The first kappa shape index (κ1) is 13.2. The van der Waals surface area contributed by atoms with Crippen molar-refractivity contribution in [3.8, 4) is 5.75 Å². The Bertz CT molecular complexity index is 569. The standard InChI is InChI=1S/C15H16BrNOS/c1-2-17-12-9-14(15-11(16)7-8-19-15)18-13-6-4-3-5-10(12)13/h3-8,12,14,17H,2,9H2,1H3. The average molecular weight is 338 g/mol. The summed E-state index contributed by atoms with van der Waals surface area (Å²) in [5.41, 5.74) is 1.27. The van der Waals surface area contributed by atoms with Gasteiger partial charge in [-0.1, -0.05) is 25.1 Å². The van der Waals surface area contributed by atoms with Gasteiger partial charge in [-0.3, -0.25) is 0 Å². The summed E-state index contributed by atoms with van der Waals surface area (Å²) in [7, 11) is 0. The van der Waals surface area contributed by atoms with E-state index in [-0.39, 0.29) is 6.10 Å². The molecule has 2 aromatic rings. The number of hydrogen-bond donors (Lipinski definition) is 1. The number of rotatable bonds is 3. The molecule has 4 heteroatoms. The summed E-state index contributed by atoms with van der Waals surface area (Å²) >= 11 is 5.36. The molecule has 0 bridgehead atoms. The van der Waals surface area contributed by atoms with Gasteiger partial charge < -0.3 is 10.1 Å². The fraction of sp³-hybridized carbons (Fsp3) is 0.333. The Labute approximate surface area is 125 Å². The minimum Gasteiger partial charge on any atom is -0.484 e. The van der Waals surface area contributed by atoms with Crippen LogP contribution in [0.5, 0.6) is 5.75 Å². The van der Waals surface area contributed by atoms with Crippen molar-refractivity contribution < 1.29 is 4.74 Å². The lowest BCUT2D eigenvalue weighted by molar-refractivity contribution is 0.155. The van der Waals surface area contributed by atoms with Crippen molar-refractivity contribution in [1.29, 1.82) is 0 Å². The van der Waals surface area contributed by atoms with E-state index in [1.165, 1.54) is 10.4 Å². The number of fused-ring (bicyclic) bond motifs is 1. The maximum atomic E-state index is 6.17. The fourth-order valence-corrected chi connectivity index (χ4v) is 4.22. The average Bonchev–Trinajstić information content (AvgIpc) is 2.85. The van der Waals surface area contributed by atoms with Crippen LogP contribution in [0.4, 0.5) is 0 Å². The number of thiophene rings is 1. The Morgan fingerprint density at radius 1 is 1.37 bits per heavy atom. The molecule has 2 nitrogen and oxygen atoms in total. The van der Waals surface area contributed by atoms with Gasteiger partial charge in [0.2, 0.25) is 0 Å². The van der Waals surface area contributed by atoms with Gasteiger partial charge >= 0.3 is 0 Å². The Morgan fingerprint density at radius 2 is 2.21 bits per heavy atom. The number of ether oxygens (including phenoxy) is 1. The molecule has 19 heavy (non-hydrogen) atoms. The van der Waals surface area contributed by atoms with Crippen molar-refractivity contribution in [3.63, 3.8) is 0 Å². The summed E-state index contributed by atoms with van der Waals surface area (Å²) in [6, 6.07) is 10.8. The molecule has 0 aliphatic carbocycles. The first-order valence-corrected chi connectivity index (χ1v) is 8.18. The summed E-state index contributed by atoms with van der Waals surface area (Å²) < 4.78 is 7.32. The Morgan fingerprint density at radius 3 is 2.95 bits per heavy atom. The smallest absolute Gasteiger partial charge is 0.136 e. The van der Waals surface area contributed by atoms with Gasteiger partial charge in [-0.25, -0.2) is 0 Å². The minimum atomic E-state index is 0.133. The molecule has 1 aliphatic heterocycles. The number of para-hydroxylation sites is 1. The topological polar surface area (TPSA) is 21.3 Å². The van der Waals surface area contributed by atoms with Gasteiger partial charge in [-0.05, 0) is 40.0 Å². The van der Waals surface area contributed by atoms with Crippen LogP contribution >= 0.6 is 27.3 Å². The third kappa shape index (κ3) is 2.57. The van der Waals surface area contributed by atoms with E-state index in [4.69, 9.17) is 4.74 Å². The fourth-order valence-electron chi connectivity index (χ4n) is 2.55. The maximum absolute atomic E-state index is 6.17. The van der Waals surface area contributed by atoms with E-state index in [0.717, 1.165) is 23.2 Å². The molecule has 0 radical (unpaired) electrons. The molecule has 3 rings (SSSR count). The second-order valence-corrected chi connectivity index (χ2v) is 6.43. The Balaban J connectivity index is 1.94. The molecule has 2 heterocycles. The van der Waals surface area contributed by atoms with Crippen LogP contribution in [0.15, 0.2) is 40.2 Å². The van der Waals surface area contributed by atoms with E-state index >= 15 is 0 Å². The summed E-state index contributed by atoms with van der Waals surface area (Å²) in [6.07, 6.45) is 1.11. The third-order valence-corrected chi connectivity index (χ3v) is 5.36. The molecule has 0 saturated heterocycles. The van der Waals surface area contributed by atoms with E-state index in [0.29, 0.717) is 6.04 Å². The Kier molecular flexibility index (Phi) is 3.91. The summed E-state index contributed by atoms with van der Waals surface area (Å²) in [5.74, 6) is 1.00. The van der Waals surface area contributed by atoms with Gasteiger partial charge in [-0.15, -0.1) is 11.3 Å². The summed E-state index contributed by atoms with van der Waals surface area (Å²) in [5, 5.41) is 5.66. The molecule has 0 spiro atoms. The van der Waals surface area contributed by atoms with Gasteiger partial charge in [-0.2, -0.15) is 0 Å². The molecule has 0 amide bonds. The largest absolute Gasteiger partial charge is 0.484 e. The zero-order valence-corrected chi connectivity index (χ0v) is 13.1. The van der Waals surface area contributed by atoms with Crippen LogP contribution in [0.3, 0.4) is 0 Å². The minimum absolute atomic E-state index is 0.133. The molecule has 0 saturated carbocycles. The van der Waals surface area contributed by atoms with Crippen LogP contribution in [0, 0.1) is 0 Å². The van der Waals surface area contributed by atoms with Crippen molar-refractivity contribution in [1.82, 2.24) is 5.32 Å². The molecular formula is C15H16BrNOS. The highest BCUT2D eigenvalue weighted by Crippen LogP contribution is 2.43. The molecule has 1 N–H and O–H groups in total. The van der Waals surface area contributed by atoms with Gasteiger partial charge in [0.15, 0.2) is 0 Å². The first-order chi connectivity index (χ1) is 9.29.